The summed E-state index contributed by atoms with van der Waals surface area (Å²) in [6, 6.07) is 4.00. The Labute approximate surface area is 121 Å². The zero-order chi connectivity index (χ0) is 14.7. The molecular weight excluding hydrogens is 274 g/mol. The van der Waals surface area contributed by atoms with E-state index in [2.05, 4.69) is 15.2 Å². The van der Waals surface area contributed by atoms with Crippen molar-refractivity contribution in [3.63, 3.8) is 0 Å². The van der Waals surface area contributed by atoms with E-state index < -0.39 is 0 Å². The summed E-state index contributed by atoms with van der Waals surface area (Å²) < 4.78 is 1.62. The van der Waals surface area contributed by atoms with Gasteiger partial charge in [-0.3, -0.25) is 4.57 Å². The Hall–Kier alpha value is -1.60. The molecule has 3 N–H and O–H groups in total. The predicted molar refractivity (Wildman–Crippen MR) is 78.9 cm³/mol. The second-order valence-corrected chi connectivity index (χ2v) is 5.98. The molecule has 0 spiro atoms. The molecule has 0 bridgehead atoms. The highest BCUT2D eigenvalue weighted by atomic mass is 32.2. The molecule has 0 fully saturated rings. The number of nitrogens with zero attached hydrogens (tertiary/aromatic N) is 3. The van der Waals surface area contributed by atoms with Crippen molar-refractivity contribution in [1.82, 2.24) is 19.7 Å². The lowest BCUT2D eigenvalue weighted by Gasteiger charge is -2.11. The molecule has 20 heavy (non-hydrogen) atoms. The predicted octanol–water partition coefficient (Wildman–Crippen LogP) is 1.59. The third kappa shape index (κ3) is 3.29. The van der Waals surface area contributed by atoms with E-state index in [1.807, 2.05) is 32.9 Å². The standard InChI is InChI=1S/C13H19N5OS/c1-8(2)18-12(19)16-17-13(18)20-11-10(7-9(3)14)5-4-6-15-11/h4-6,8-9H,7,14H2,1-3H3,(H,16,19). The highest BCUT2D eigenvalue weighted by Gasteiger charge is 2.15. The number of nitrogens with two attached hydrogens (primary N) is 1. The van der Waals surface area contributed by atoms with Gasteiger partial charge in [-0.05, 0) is 50.6 Å². The van der Waals surface area contributed by atoms with Crippen LogP contribution in [0.4, 0.5) is 0 Å². The summed E-state index contributed by atoms with van der Waals surface area (Å²) in [7, 11) is 0. The Morgan fingerprint density at radius 2 is 2.20 bits per heavy atom. The first-order valence-corrected chi connectivity index (χ1v) is 7.35. The molecule has 2 aromatic heterocycles. The molecule has 0 aliphatic carbocycles. The maximum atomic E-state index is 11.7. The molecule has 0 amide bonds. The number of pyridine rings is 1. The van der Waals surface area contributed by atoms with Gasteiger partial charge in [0.15, 0.2) is 5.16 Å². The third-order valence-corrected chi connectivity index (χ3v) is 3.80. The summed E-state index contributed by atoms with van der Waals surface area (Å²) in [6.07, 6.45) is 2.48. The van der Waals surface area contributed by atoms with Gasteiger partial charge in [0.2, 0.25) is 0 Å². The van der Waals surface area contributed by atoms with Crippen molar-refractivity contribution >= 4 is 11.8 Å². The van der Waals surface area contributed by atoms with Crippen molar-refractivity contribution in [2.24, 2.45) is 5.73 Å². The first kappa shape index (κ1) is 14.8. The van der Waals surface area contributed by atoms with Gasteiger partial charge >= 0.3 is 5.69 Å². The minimum Gasteiger partial charge on any atom is -0.328 e. The summed E-state index contributed by atoms with van der Waals surface area (Å²) in [5.41, 5.74) is 6.72. The Balaban J connectivity index is 2.33. The molecule has 1 unspecified atom stereocenters. The van der Waals surface area contributed by atoms with Gasteiger partial charge in [0, 0.05) is 18.3 Å². The molecule has 0 saturated heterocycles. The number of H-pyrrole nitrogens is 1. The zero-order valence-electron chi connectivity index (χ0n) is 11.8. The lowest BCUT2D eigenvalue weighted by molar-refractivity contribution is 0.533. The molecule has 2 rings (SSSR count). The van der Waals surface area contributed by atoms with Crippen LogP contribution < -0.4 is 11.4 Å². The number of hydrogen-bond donors (Lipinski definition) is 2. The van der Waals surface area contributed by atoms with E-state index in [9.17, 15) is 4.79 Å². The first-order chi connectivity index (χ1) is 9.49. The maximum Gasteiger partial charge on any atom is 0.344 e. The van der Waals surface area contributed by atoms with Gasteiger partial charge in [0.25, 0.3) is 0 Å². The Morgan fingerprint density at radius 1 is 1.45 bits per heavy atom. The van der Waals surface area contributed by atoms with Gasteiger partial charge < -0.3 is 5.73 Å². The van der Waals surface area contributed by atoms with Gasteiger partial charge in [-0.2, -0.15) is 0 Å². The van der Waals surface area contributed by atoms with Gasteiger partial charge in [-0.25, -0.2) is 14.9 Å². The zero-order valence-corrected chi connectivity index (χ0v) is 12.6. The van der Waals surface area contributed by atoms with Crippen molar-refractivity contribution in [1.29, 1.82) is 0 Å². The van der Waals surface area contributed by atoms with E-state index >= 15 is 0 Å². The smallest absolute Gasteiger partial charge is 0.328 e. The highest BCUT2D eigenvalue weighted by molar-refractivity contribution is 7.99. The van der Waals surface area contributed by atoms with Crippen LogP contribution in [0.2, 0.25) is 0 Å². The summed E-state index contributed by atoms with van der Waals surface area (Å²) in [6.45, 7) is 5.85. The lowest BCUT2D eigenvalue weighted by atomic mass is 10.1. The fourth-order valence-corrected chi connectivity index (χ4v) is 2.97. The van der Waals surface area contributed by atoms with Crippen molar-refractivity contribution < 1.29 is 0 Å². The molecule has 0 saturated carbocycles. The molecule has 0 aliphatic heterocycles. The molecule has 0 aromatic carbocycles. The van der Waals surface area contributed by atoms with Crippen LogP contribution in [0.25, 0.3) is 0 Å². The van der Waals surface area contributed by atoms with Crippen LogP contribution in [0.3, 0.4) is 0 Å². The van der Waals surface area contributed by atoms with Gasteiger partial charge in [0.05, 0.1) is 0 Å². The number of nitrogens with one attached hydrogen (secondary N) is 1. The van der Waals surface area contributed by atoms with Gasteiger partial charge in [-0.15, -0.1) is 5.10 Å². The van der Waals surface area contributed by atoms with Gasteiger partial charge in [-0.1, -0.05) is 6.07 Å². The van der Waals surface area contributed by atoms with Gasteiger partial charge in [0.1, 0.15) is 5.03 Å². The largest absolute Gasteiger partial charge is 0.344 e. The van der Waals surface area contributed by atoms with Crippen LogP contribution in [0.15, 0.2) is 33.3 Å². The van der Waals surface area contributed by atoms with Crippen LogP contribution in [0.5, 0.6) is 0 Å². The summed E-state index contributed by atoms with van der Waals surface area (Å²) in [5, 5.41) is 8.01. The average Bonchev–Trinajstić information content (AvgIpc) is 2.72. The van der Waals surface area contributed by atoms with Crippen LogP contribution in [-0.4, -0.2) is 25.8 Å². The molecule has 2 heterocycles. The summed E-state index contributed by atoms with van der Waals surface area (Å²) in [4.78, 5) is 16.1. The Morgan fingerprint density at radius 3 is 2.85 bits per heavy atom. The summed E-state index contributed by atoms with van der Waals surface area (Å²) >= 11 is 1.39. The van der Waals surface area contributed by atoms with E-state index in [4.69, 9.17) is 5.73 Å². The molecule has 108 valence electrons. The quantitative estimate of drug-likeness (QED) is 0.873. The lowest BCUT2D eigenvalue weighted by Crippen LogP contribution is -2.20. The fourth-order valence-electron chi connectivity index (χ4n) is 1.92. The minimum absolute atomic E-state index is 0.0457. The number of aromatic nitrogens is 4. The van der Waals surface area contributed by atoms with Crippen LogP contribution in [0.1, 0.15) is 32.4 Å². The van der Waals surface area contributed by atoms with E-state index in [1.165, 1.54) is 11.8 Å². The van der Waals surface area contributed by atoms with Crippen molar-refractivity contribution in [3.8, 4) is 0 Å². The fraction of sp³-hybridized carbons (Fsp3) is 0.462. The van der Waals surface area contributed by atoms with Crippen LogP contribution >= 0.6 is 11.8 Å². The van der Waals surface area contributed by atoms with E-state index in [-0.39, 0.29) is 17.8 Å². The third-order valence-electron chi connectivity index (χ3n) is 2.77. The second kappa shape index (κ2) is 6.23. The van der Waals surface area contributed by atoms with Crippen LogP contribution in [0, 0.1) is 0 Å². The Kier molecular flexibility index (Phi) is 4.61. The molecule has 2 aromatic rings. The molecule has 0 radical (unpaired) electrons. The molecule has 7 heteroatoms. The number of hydrogen-bond acceptors (Lipinski definition) is 5. The highest BCUT2D eigenvalue weighted by Crippen LogP contribution is 2.28. The summed E-state index contributed by atoms with van der Waals surface area (Å²) in [5.74, 6) is 0. The SMILES string of the molecule is CC(N)Cc1cccnc1Sc1n[nH]c(=O)n1C(C)C. The monoisotopic (exact) mass is 293 g/mol. The molecule has 1 atom stereocenters. The molecule has 0 aliphatic rings. The number of rotatable bonds is 5. The van der Waals surface area contributed by atoms with E-state index in [0.717, 1.165) is 17.0 Å². The van der Waals surface area contributed by atoms with Crippen molar-refractivity contribution in [2.75, 3.05) is 0 Å². The first-order valence-electron chi connectivity index (χ1n) is 6.53. The normalized spacial score (nSPS) is 12.8. The van der Waals surface area contributed by atoms with Crippen LogP contribution in [-0.2, 0) is 6.42 Å². The second-order valence-electron chi connectivity index (χ2n) is 5.03. The average molecular weight is 293 g/mol. The maximum absolute atomic E-state index is 11.7. The van der Waals surface area contributed by atoms with E-state index in [0.29, 0.717) is 5.16 Å². The number of aromatic amines is 1. The van der Waals surface area contributed by atoms with Crippen molar-refractivity contribution in [2.45, 2.75) is 49.5 Å². The van der Waals surface area contributed by atoms with Crippen molar-refractivity contribution in [3.05, 3.63) is 34.4 Å². The minimum atomic E-state index is -0.202. The molecular formula is C13H19N5OS. The molecule has 6 nitrogen and oxygen atoms in total. The Bertz CT molecular complexity index is 632. The van der Waals surface area contributed by atoms with E-state index in [1.54, 1.807) is 10.8 Å². The topological polar surface area (TPSA) is 89.6 Å².